The van der Waals surface area contributed by atoms with E-state index in [0.29, 0.717) is 10.2 Å². The molecule has 5 heteroatoms. The van der Waals surface area contributed by atoms with E-state index < -0.39 is 6.55 Å². The average molecular weight is 142 g/mol. The van der Waals surface area contributed by atoms with Crippen molar-refractivity contribution in [3.63, 3.8) is 0 Å². The molecule has 0 atom stereocenters. The molecule has 0 spiro atoms. The van der Waals surface area contributed by atoms with Crippen LogP contribution in [-0.2, 0) is 0 Å². The van der Waals surface area contributed by atoms with Gasteiger partial charge in [0.15, 0.2) is 0 Å². The van der Waals surface area contributed by atoms with E-state index in [9.17, 15) is 8.78 Å². The Hall–Kier alpha value is -0.865. The zero-order chi connectivity index (χ0) is 7.72. The van der Waals surface area contributed by atoms with E-state index in [-0.39, 0.29) is 5.59 Å². The van der Waals surface area contributed by atoms with Crippen molar-refractivity contribution in [1.29, 1.82) is 0 Å². The molecule has 0 saturated carbocycles. The third kappa shape index (κ3) is 1.17. The van der Waals surface area contributed by atoms with E-state index in [1.807, 2.05) is 0 Å². The van der Waals surface area contributed by atoms with Gasteiger partial charge in [0.05, 0.1) is 0 Å². The van der Waals surface area contributed by atoms with Gasteiger partial charge in [-0.3, -0.25) is 0 Å². The molecule has 1 rings (SSSR count). The molecular formula is C5H5BF2N2. The molecule has 1 heterocycles. The maximum Gasteiger partial charge on any atom is 0.333 e. The van der Waals surface area contributed by atoms with Crippen LogP contribution in [0, 0.1) is 6.92 Å². The lowest BCUT2D eigenvalue weighted by Crippen LogP contribution is -2.09. The third-order valence-corrected chi connectivity index (χ3v) is 1.15. The summed E-state index contributed by atoms with van der Waals surface area (Å²) in [6, 6.07) is 0. The summed E-state index contributed by atoms with van der Waals surface area (Å²) < 4.78 is 24.1. The second-order valence-electron chi connectivity index (χ2n) is 1.96. The lowest BCUT2D eigenvalue weighted by Gasteiger charge is -1.94. The molecule has 0 aliphatic rings. The van der Waals surface area contributed by atoms with E-state index in [1.165, 1.54) is 6.20 Å². The number of nitrogens with zero attached hydrogens (tertiary/aromatic N) is 2. The first-order valence-corrected chi connectivity index (χ1v) is 2.70. The fourth-order valence-corrected chi connectivity index (χ4v) is 0.597. The van der Waals surface area contributed by atoms with Crippen LogP contribution in [0.15, 0.2) is 6.20 Å². The van der Waals surface area contributed by atoms with Gasteiger partial charge in [0.1, 0.15) is 7.85 Å². The summed E-state index contributed by atoms with van der Waals surface area (Å²) >= 11 is 0. The minimum Gasteiger partial charge on any atom is -0.212 e. The van der Waals surface area contributed by atoms with Crippen LogP contribution < -0.4 is 5.59 Å². The van der Waals surface area contributed by atoms with Gasteiger partial charge in [-0.15, -0.1) is 0 Å². The van der Waals surface area contributed by atoms with Crippen molar-refractivity contribution in [2.24, 2.45) is 0 Å². The molecule has 0 bridgehead atoms. The van der Waals surface area contributed by atoms with E-state index in [2.05, 4.69) is 5.10 Å². The SMILES string of the molecule is [B]c1nn(C(F)F)cc1C. The Bertz CT molecular complexity index is 214. The Labute approximate surface area is 58.3 Å². The number of hydrogen-bond acceptors (Lipinski definition) is 1. The molecule has 0 amide bonds. The Morgan fingerprint density at radius 2 is 2.30 bits per heavy atom. The van der Waals surface area contributed by atoms with Gasteiger partial charge >= 0.3 is 6.55 Å². The van der Waals surface area contributed by atoms with Crippen molar-refractivity contribution in [2.75, 3.05) is 0 Å². The first-order chi connectivity index (χ1) is 4.61. The summed E-state index contributed by atoms with van der Waals surface area (Å²) in [7, 11) is 5.21. The lowest BCUT2D eigenvalue weighted by atomic mass is 10.0. The summed E-state index contributed by atoms with van der Waals surface area (Å²) in [5.74, 6) is 0. The minimum absolute atomic E-state index is 0.153. The van der Waals surface area contributed by atoms with E-state index in [1.54, 1.807) is 6.92 Å². The first kappa shape index (κ1) is 7.24. The van der Waals surface area contributed by atoms with Gasteiger partial charge in [0, 0.05) is 11.8 Å². The number of aromatic nitrogens is 2. The quantitative estimate of drug-likeness (QED) is 0.518. The average Bonchev–Trinajstić information content (AvgIpc) is 2.13. The smallest absolute Gasteiger partial charge is 0.212 e. The topological polar surface area (TPSA) is 17.8 Å². The van der Waals surface area contributed by atoms with Crippen LogP contribution in [0.3, 0.4) is 0 Å². The summed E-state index contributed by atoms with van der Waals surface area (Å²) in [6.45, 7) is -0.975. The molecule has 1 aromatic rings. The Morgan fingerprint density at radius 3 is 2.50 bits per heavy atom. The number of rotatable bonds is 1. The Kier molecular flexibility index (Phi) is 1.74. The molecule has 10 heavy (non-hydrogen) atoms. The van der Waals surface area contributed by atoms with E-state index in [0.717, 1.165) is 0 Å². The highest BCUT2D eigenvalue weighted by Gasteiger charge is 2.07. The molecule has 0 saturated heterocycles. The highest BCUT2D eigenvalue weighted by Crippen LogP contribution is 2.06. The van der Waals surface area contributed by atoms with Gasteiger partial charge in [-0.05, 0) is 12.5 Å². The van der Waals surface area contributed by atoms with Crippen LogP contribution in [-0.4, -0.2) is 17.6 Å². The van der Waals surface area contributed by atoms with Crippen molar-refractivity contribution >= 4 is 13.4 Å². The highest BCUT2D eigenvalue weighted by atomic mass is 19.3. The zero-order valence-corrected chi connectivity index (χ0v) is 5.38. The molecule has 0 aromatic carbocycles. The second-order valence-corrected chi connectivity index (χ2v) is 1.96. The predicted octanol–water partition coefficient (Wildman–Crippen LogP) is 0.380. The van der Waals surface area contributed by atoms with Crippen molar-refractivity contribution in [2.45, 2.75) is 13.5 Å². The molecule has 0 N–H and O–H groups in total. The van der Waals surface area contributed by atoms with Crippen LogP contribution in [0.2, 0.25) is 0 Å². The summed E-state index contributed by atoms with van der Waals surface area (Å²) in [6.07, 6.45) is 1.21. The van der Waals surface area contributed by atoms with Gasteiger partial charge in [-0.2, -0.15) is 13.9 Å². The molecular weight excluding hydrogens is 137 g/mol. The zero-order valence-electron chi connectivity index (χ0n) is 5.38. The maximum absolute atomic E-state index is 11.8. The Morgan fingerprint density at radius 1 is 1.70 bits per heavy atom. The largest absolute Gasteiger partial charge is 0.333 e. The van der Waals surface area contributed by atoms with Crippen LogP contribution >= 0.6 is 0 Å². The monoisotopic (exact) mass is 142 g/mol. The summed E-state index contributed by atoms with van der Waals surface area (Å²) in [4.78, 5) is 0. The van der Waals surface area contributed by atoms with Crippen molar-refractivity contribution < 1.29 is 8.78 Å². The van der Waals surface area contributed by atoms with E-state index in [4.69, 9.17) is 7.85 Å². The fraction of sp³-hybridized carbons (Fsp3) is 0.400. The summed E-state index contributed by atoms with van der Waals surface area (Å²) in [5.41, 5.74) is 0.723. The number of halogens is 2. The second kappa shape index (κ2) is 2.40. The standard InChI is InChI=1S/C5H5BF2N2/c1-3-2-10(5(7)8)9-4(3)6/h2,5H,1H3. The van der Waals surface area contributed by atoms with Gasteiger partial charge in [-0.25, -0.2) is 4.68 Å². The van der Waals surface area contributed by atoms with E-state index >= 15 is 0 Å². The number of alkyl halides is 2. The molecule has 2 radical (unpaired) electrons. The third-order valence-electron chi connectivity index (χ3n) is 1.15. The van der Waals surface area contributed by atoms with Crippen LogP contribution in [0.1, 0.15) is 12.1 Å². The maximum atomic E-state index is 11.8. The molecule has 0 aliphatic heterocycles. The van der Waals surface area contributed by atoms with Gasteiger partial charge in [0.25, 0.3) is 0 Å². The number of aryl methyl sites for hydroxylation is 1. The highest BCUT2D eigenvalue weighted by molar-refractivity contribution is 6.31. The van der Waals surface area contributed by atoms with Crippen molar-refractivity contribution in [3.05, 3.63) is 11.8 Å². The normalized spacial score (nSPS) is 10.8. The molecule has 52 valence electrons. The minimum atomic E-state index is -2.60. The first-order valence-electron chi connectivity index (χ1n) is 2.70. The van der Waals surface area contributed by atoms with Crippen LogP contribution in [0.4, 0.5) is 8.78 Å². The lowest BCUT2D eigenvalue weighted by molar-refractivity contribution is 0.0570. The van der Waals surface area contributed by atoms with Crippen molar-refractivity contribution in [1.82, 2.24) is 9.78 Å². The molecule has 0 unspecified atom stereocenters. The predicted molar refractivity (Wildman–Crippen MR) is 33.6 cm³/mol. The summed E-state index contributed by atoms with van der Waals surface area (Å²) in [5, 5.41) is 3.35. The Balaban J connectivity index is 2.98. The van der Waals surface area contributed by atoms with Gasteiger partial charge < -0.3 is 0 Å². The molecule has 0 aliphatic carbocycles. The van der Waals surface area contributed by atoms with Crippen molar-refractivity contribution in [3.8, 4) is 0 Å². The molecule has 1 aromatic heterocycles. The molecule has 0 fully saturated rings. The fourth-order valence-electron chi connectivity index (χ4n) is 0.597. The molecule has 2 nitrogen and oxygen atoms in total. The van der Waals surface area contributed by atoms with Gasteiger partial charge in [0.2, 0.25) is 0 Å². The number of hydrogen-bond donors (Lipinski definition) is 0. The van der Waals surface area contributed by atoms with Crippen LogP contribution in [0.25, 0.3) is 0 Å². The van der Waals surface area contributed by atoms with Gasteiger partial charge in [-0.1, -0.05) is 0 Å². The van der Waals surface area contributed by atoms with Crippen LogP contribution in [0.5, 0.6) is 0 Å².